The molecule has 0 aromatic heterocycles. The molecular formula is C28H36N2O7. The summed E-state index contributed by atoms with van der Waals surface area (Å²) in [6.07, 6.45) is 3.32. The highest BCUT2D eigenvalue weighted by Gasteiger charge is 2.29. The molecule has 1 fully saturated rings. The van der Waals surface area contributed by atoms with Gasteiger partial charge in [0.2, 0.25) is 17.4 Å². The highest BCUT2D eigenvalue weighted by atomic mass is 16.5. The molecular weight excluding hydrogens is 476 g/mol. The van der Waals surface area contributed by atoms with Crippen LogP contribution in [0.4, 0.5) is 0 Å². The van der Waals surface area contributed by atoms with Gasteiger partial charge in [0.05, 0.1) is 42.7 Å². The largest absolute Gasteiger partial charge is 0.493 e. The summed E-state index contributed by atoms with van der Waals surface area (Å²) in [6.45, 7) is 3.56. The lowest BCUT2D eigenvalue weighted by Gasteiger charge is -2.36. The lowest BCUT2D eigenvalue weighted by molar-refractivity contribution is -0.129. The van der Waals surface area contributed by atoms with E-state index in [1.165, 1.54) is 0 Å². The smallest absolute Gasteiger partial charge is 0.249 e. The number of methoxy groups -OCH3 is 6. The number of carbonyl (C=O) groups is 1. The summed E-state index contributed by atoms with van der Waals surface area (Å²) in [6, 6.07) is 5.81. The van der Waals surface area contributed by atoms with Crippen LogP contribution in [-0.4, -0.2) is 84.5 Å². The van der Waals surface area contributed by atoms with E-state index in [-0.39, 0.29) is 5.91 Å². The monoisotopic (exact) mass is 512 g/mol. The molecule has 1 heterocycles. The summed E-state index contributed by atoms with van der Waals surface area (Å²) in [5.74, 6) is 3.81. The summed E-state index contributed by atoms with van der Waals surface area (Å²) in [4.78, 5) is 17.7. The number of benzene rings is 2. The van der Waals surface area contributed by atoms with Crippen molar-refractivity contribution in [2.75, 3.05) is 68.8 Å². The summed E-state index contributed by atoms with van der Waals surface area (Å²) in [7, 11) is 9.67. The second kappa shape index (κ2) is 11.6. The van der Waals surface area contributed by atoms with Crippen LogP contribution in [0.25, 0.3) is 6.08 Å². The van der Waals surface area contributed by atoms with Gasteiger partial charge in [0.1, 0.15) is 0 Å². The number of hydrogen-bond acceptors (Lipinski definition) is 8. The van der Waals surface area contributed by atoms with Crippen molar-refractivity contribution < 1.29 is 33.2 Å². The van der Waals surface area contributed by atoms with Gasteiger partial charge in [-0.05, 0) is 36.6 Å². The first-order valence-electron chi connectivity index (χ1n) is 12.3. The topological polar surface area (TPSA) is 78.9 Å². The first-order chi connectivity index (χ1) is 18.0. The van der Waals surface area contributed by atoms with Gasteiger partial charge < -0.3 is 33.3 Å². The van der Waals surface area contributed by atoms with E-state index in [0.29, 0.717) is 67.0 Å². The minimum atomic E-state index is 0.0859. The molecule has 1 aliphatic carbocycles. The molecule has 2 aromatic carbocycles. The van der Waals surface area contributed by atoms with Gasteiger partial charge in [0.15, 0.2) is 23.0 Å². The van der Waals surface area contributed by atoms with Gasteiger partial charge in [0.25, 0.3) is 0 Å². The van der Waals surface area contributed by atoms with Crippen LogP contribution in [0.2, 0.25) is 0 Å². The quantitative estimate of drug-likeness (QED) is 0.506. The van der Waals surface area contributed by atoms with Gasteiger partial charge in [0, 0.05) is 49.4 Å². The molecule has 2 aliphatic rings. The average molecular weight is 513 g/mol. The zero-order valence-electron chi connectivity index (χ0n) is 22.5. The van der Waals surface area contributed by atoms with Crippen molar-refractivity contribution in [2.45, 2.75) is 19.4 Å². The first kappa shape index (κ1) is 26.5. The molecule has 4 rings (SSSR count). The Bertz CT molecular complexity index is 1170. The fourth-order valence-electron chi connectivity index (χ4n) is 5.15. The number of hydrogen-bond donors (Lipinski definition) is 0. The molecule has 0 N–H and O–H groups in total. The Morgan fingerprint density at radius 2 is 1.35 bits per heavy atom. The number of rotatable bonds is 9. The van der Waals surface area contributed by atoms with E-state index in [4.69, 9.17) is 28.4 Å². The van der Waals surface area contributed by atoms with E-state index in [0.717, 1.165) is 35.4 Å². The summed E-state index contributed by atoms with van der Waals surface area (Å²) < 4.78 is 33.2. The van der Waals surface area contributed by atoms with E-state index in [1.54, 1.807) is 42.7 Å². The summed E-state index contributed by atoms with van der Waals surface area (Å²) >= 11 is 0. The molecule has 0 unspecified atom stereocenters. The van der Waals surface area contributed by atoms with Crippen molar-refractivity contribution in [1.82, 2.24) is 9.80 Å². The number of ether oxygens (including phenoxy) is 6. The molecule has 0 saturated carbocycles. The minimum absolute atomic E-state index is 0.0859. The molecule has 200 valence electrons. The maximum absolute atomic E-state index is 13.4. The van der Waals surface area contributed by atoms with Crippen molar-refractivity contribution in [1.29, 1.82) is 0 Å². The normalized spacial score (nSPS) is 15.4. The third kappa shape index (κ3) is 5.13. The molecule has 9 nitrogen and oxygen atoms in total. The van der Waals surface area contributed by atoms with Crippen LogP contribution >= 0.6 is 0 Å². The zero-order chi connectivity index (χ0) is 26.5. The third-order valence-corrected chi connectivity index (χ3v) is 7.06. The predicted molar refractivity (Wildman–Crippen MR) is 140 cm³/mol. The molecule has 0 spiro atoms. The van der Waals surface area contributed by atoms with Crippen LogP contribution in [0.5, 0.6) is 34.5 Å². The van der Waals surface area contributed by atoms with Crippen molar-refractivity contribution in [3.05, 3.63) is 40.5 Å². The van der Waals surface area contributed by atoms with E-state index in [9.17, 15) is 4.79 Å². The summed E-state index contributed by atoms with van der Waals surface area (Å²) in [5.41, 5.74) is 3.79. The second-order valence-corrected chi connectivity index (χ2v) is 8.94. The Morgan fingerprint density at radius 3 is 1.95 bits per heavy atom. The van der Waals surface area contributed by atoms with E-state index >= 15 is 0 Å². The maximum atomic E-state index is 13.4. The number of nitrogens with zero attached hydrogens (tertiary/aromatic N) is 2. The zero-order valence-corrected chi connectivity index (χ0v) is 22.5. The maximum Gasteiger partial charge on any atom is 0.249 e. The van der Waals surface area contributed by atoms with Crippen LogP contribution in [-0.2, 0) is 17.8 Å². The third-order valence-electron chi connectivity index (χ3n) is 7.06. The Labute approximate surface area is 218 Å². The van der Waals surface area contributed by atoms with Crippen molar-refractivity contribution >= 4 is 12.0 Å². The molecule has 1 saturated heterocycles. The fourth-order valence-corrected chi connectivity index (χ4v) is 5.15. The van der Waals surface area contributed by atoms with Crippen molar-refractivity contribution in [3.63, 3.8) is 0 Å². The fraction of sp³-hybridized carbons (Fsp3) is 0.464. The van der Waals surface area contributed by atoms with Gasteiger partial charge in [-0.2, -0.15) is 0 Å². The van der Waals surface area contributed by atoms with Crippen LogP contribution in [0, 0.1) is 0 Å². The van der Waals surface area contributed by atoms with Gasteiger partial charge in [-0.3, -0.25) is 9.69 Å². The van der Waals surface area contributed by atoms with Crippen LogP contribution in [0.15, 0.2) is 23.8 Å². The Morgan fingerprint density at radius 1 is 0.730 bits per heavy atom. The lowest BCUT2D eigenvalue weighted by Crippen LogP contribution is -2.48. The van der Waals surface area contributed by atoms with Crippen molar-refractivity contribution in [3.8, 4) is 34.5 Å². The Kier molecular flexibility index (Phi) is 8.33. The first-order valence-corrected chi connectivity index (χ1v) is 12.3. The molecule has 0 atom stereocenters. The van der Waals surface area contributed by atoms with E-state index < -0.39 is 0 Å². The number of amides is 1. The highest BCUT2D eigenvalue weighted by molar-refractivity contribution is 5.99. The number of carbonyl (C=O) groups excluding carboxylic acids is 1. The van der Waals surface area contributed by atoms with Gasteiger partial charge in [-0.25, -0.2) is 0 Å². The SMILES string of the molecule is COc1ccc(CN2CCN(C(=O)C3=Cc4cc(OC)c(OC)c(OC)c4CC3)CC2)c(OC)c1OC. The second-order valence-electron chi connectivity index (χ2n) is 8.94. The van der Waals surface area contributed by atoms with Crippen molar-refractivity contribution in [2.24, 2.45) is 0 Å². The Balaban J connectivity index is 1.45. The minimum Gasteiger partial charge on any atom is -0.493 e. The molecule has 9 heteroatoms. The van der Waals surface area contributed by atoms with E-state index in [2.05, 4.69) is 4.90 Å². The van der Waals surface area contributed by atoms with Gasteiger partial charge in [-0.1, -0.05) is 6.07 Å². The molecule has 0 bridgehead atoms. The van der Waals surface area contributed by atoms with Gasteiger partial charge >= 0.3 is 0 Å². The lowest BCUT2D eigenvalue weighted by atomic mass is 9.90. The van der Waals surface area contributed by atoms with Crippen LogP contribution in [0.1, 0.15) is 23.1 Å². The molecule has 37 heavy (non-hydrogen) atoms. The number of piperazine rings is 1. The van der Waals surface area contributed by atoms with Gasteiger partial charge in [-0.15, -0.1) is 0 Å². The Hall–Kier alpha value is -3.59. The highest BCUT2D eigenvalue weighted by Crippen LogP contribution is 2.45. The standard InChI is InChI=1S/C28H36N2O7/c1-32-22-10-8-19(24(34-3)26(22)36-5)17-29-11-13-30(14-12-29)28(31)18-7-9-21-20(15-18)16-23(33-2)27(37-6)25(21)35-4/h8,10,15-16H,7,9,11-14,17H2,1-6H3. The number of fused-ring (bicyclic) bond motifs is 1. The van der Waals surface area contributed by atoms with Crippen LogP contribution < -0.4 is 28.4 Å². The van der Waals surface area contributed by atoms with E-state index in [1.807, 2.05) is 29.2 Å². The molecule has 0 radical (unpaired) electrons. The summed E-state index contributed by atoms with van der Waals surface area (Å²) in [5, 5.41) is 0. The predicted octanol–water partition coefficient (Wildman–Crippen LogP) is 3.41. The molecule has 1 amide bonds. The molecule has 1 aliphatic heterocycles. The average Bonchev–Trinajstić information content (AvgIpc) is 2.95. The van der Waals surface area contributed by atoms with Crippen LogP contribution in [0.3, 0.4) is 0 Å². The molecule has 2 aromatic rings.